The summed E-state index contributed by atoms with van der Waals surface area (Å²) in [5, 5.41) is 4.01. The lowest BCUT2D eigenvalue weighted by Crippen LogP contribution is -2.41. The van der Waals surface area contributed by atoms with Gasteiger partial charge in [0.1, 0.15) is 6.54 Å². The number of hydrogen-bond acceptors (Lipinski definition) is 4. The Kier molecular flexibility index (Phi) is 8.08. The Morgan fingerprint density at radius 2 is 1.73 bits per heavy atom. The molecule has 0 aromatic heterocycles. The Morgan fingerprint density at radius 1 is 1.10 bits per heavy atom. The van der Waals surface area contributed by atoms with E-state index in [1.54, 1.807) is 12.1 Å². The van der Waals surface area contributed by atoms with Gasteiger partial charge in [0.05, 0.1) is 10.6 Å². The van der Waals surface area contributed by atoms with Crippen LogP contribution < -0.4 is 9.62 Å². The van der Waals surface area contributed by atoms with Gasteiger partial charge in [-0.2, -0.15) is 11.8 Å². The summed E-state index contributed by atoms with van der Waals surface area (Å²) in [5.74, 6) is 0.519. The van der Waals surface area contributed by atoms with Crippen molar-refractivity contribution in [1.29, 1.82) is 0 Å². The quantitative estimate of drug-likeness (QED) is 0.547. The van der Waals surface area contributed by atoms with Crippen LogP contribution in [0.5, 0.6) is 0 Å². The van der Waals surface area contributed by atoms with Gasteiger partial charge in [0, 0.05) is 22.6 Å². The fraction of sp³-hybridized carbons (Fsp3) is 0.409. The SMILES string of the molecule is Cc1ccc(N(CC(=O)NCCSC2CCCC2)S(=O)(=O)c2ccc(Cl)cc2)cc1. The van der Waals surface area contributed by atoms with Crippen molar-refractivity contribution in [1.82, 2.24) is 5.32 Å². The van der Waals surface area contributed by atoms with Gasteiger partial charge in [-0.1, -0.05) is 42.1 Å². The number of thioether (sulfide) groups is 1. The predicted octanol–water partition coefficient (Wildman–Crippen LogP) is 4.64. The number of nitrogens with zero attached hydrogens (tertiary/aromatic N) is 1. The van der Waals surface area contributed by atoms with Crippen LogP contribution in [0.15, 0.2) is 53.4 Å². The Labute approximate surface area is 188 Å². The van der Waals surface area contributed by atoms with Crippen molar-refractivity contribution in [3.63, 3.8) is 0 Å². The van der Waals surface area contributed by atoms with E-state index in [0.717, 1.165) is 15.6 Å². The van der Waals surface area contributed by atoms with E-state index in [4.69, 9.17) is 11.6 Å². The number of amides is 1. The van der Waals surface area contributed by atoms with Gasteiger partial charge in [-0.25, -0.2) is 8.42 Å². The summed E-state index contributed by atoms with van der Waals surface area (Å²) in [5.41, 5.74) is 1.46. The minimum Gasteiger partial charge on any atom is -0.354 e. The zero-order chi connectivity index (χ0) is 21.6. The molecule has 162 valence electrons. The van der Waals surface area contributed by atoms with E-state index in [1.807, 2.05) is 30.8 Å². The number of nitrogens with one attached hydrogen (secondary N) is 1. The lowest BCUT2D eigenvalue weighted by Gasteiger charge is -2.24. The molecule has 0 aliphatic heterocycles. The summed E-state index contributed by atoms with van der Waals surface area (Å²) >= 11 is 7.79. The average molecular weight is 467 g/mol. The molecule has 1 amide bonds. The molecule has 0 saturated heterocycles. The molecule has 0 unspecified atom stereocenters. The molecule has 2 aromatic carbocycles. The number of carbonyl (C=O) groups is 1. The van der Waals surface area contributed by atoms with Gasteiger partial charge in [0.15, 0.2) is 0 Å². The molecule has 0 radical (unpaired) electrons. The number of rotatable bonds is 9. The molecule has 0 bridgehead atoms. The molecular weight excluding hydrogens is 440 g/mol. The number of benzene rings is 2. The highest BCUT2D eigenvalue weighted by atomic mass is 35.5. The third-order valence-electron chi connectivity index (χ3n) is 5.09. The van der Waals surface area contributed by atoms with Gasteiger partial charge in [-0.05, 0) is 56.2 Å². The van der Waals surface area contributed by atoms with Crippen LogP contribution in [-0.4, -0.2) is 38.4 Å². The normalized spacial score (nSPS) is 14.6. The first-order valence-corrected chi connectivity index (χ1v) is 13.0. The lowest BCUT2D eigenvalue weighted by molar-refractivity contribution is -0.119. The molecule has 2 aromatic rings. The molecule has 0 heterocycles. The van der Waals surface area contributed by atoms with Gasteiger partial charge in [0.2, 0.25) is 5.91 Å². The van der Waals surface area contributed by atoms with E-state index in [1.165, 1.54) is 49.9 Å². The predicted molar refractivity (Wildman–Crippen MR) is 125 cm³/mol. The standard InChI is InChI=1S/C22H27ClN2O3S2/c1-17-6-10-19(11-7-17)25(30(27,28)21-12-8-18(23)9-13-21)16-22(26)24-14-15-29-20-4-2-3-5-20/h6-13,20H,2-5,14-16H2,1H3,(H,24,26). The third-order valence-corrected chi connectivity index (χ3v) is 8.51. The Bertz CT molecular complexity index is 941. The van der Waals surface area contributed by atoms with E-state index >= 15 is 0 Å². The Hall–Kier alpha value is -1.70. The van der Waals surface area contributed by atoms with Crippen LogP contribution in [0.25, 0.3) is 0 Å². The van der Waals surface area contributed by atoms with E-state index in [9.17, 15) is 13.2 Å². The third kappa shape index (κ3) is 6.15. The van der Waals surface area contributed by atoms with Crippen molar-refractivity contribution < 1.29 is 13.2 Å². The summed E-state index contributed by atoms with van der Waals surface area (Å²) in [6, 6.07) is 13.1. The van der Waals surface area contributed by atoms with Gasteiger partial charge in [0.25, 0.3) is 10.0 Å². The monoisotopic (exact) mass is 466 g/mol. The van der Waals surface area contributed by atoms with Crippen LogP contribution in [0.3, 0.4) is 0 Å². The first-order valence-electron chi connectivity index (χ1n) is 10.1. The second kappa shape index (κ2) is 10.6. The maximum absolute atomic E-state index is 13.3. The maximum atomic E-state index is 13.3. The highest BCUT2D eigenvalue weighted by Gasteiger charge is 2.27. The summed E-state index contributed by atoms with van der Waals surface area (Å²) in [6.45, 7) is 2.18. The molecule has 5 nitrogen and oxygen atoms in total. The second-order valence-corrected chi connectivity index (χ2v) is 11.1. The number of anilines is 1. The topological polar surface area (TPSA) is 66.5 Å². The fourth-order valence-corrected chi connectivity index (χ4v) is 6.18. The van der Waals surface area contributed by atoms with Gasteiger partial charge < -0.3 is 5.32 Å². The largest absolute Gasteiger partial charge is 0.354 e. The summed E-state index contributed by atoms with van der Waals surface area (Å²) < 4.78 is 27.7. The van der Waals surface area contributed by atoms with Crippen LogP contribution in [-0.2, 0) is 14.8 Å². The first kappa shape index (κ1) is 23.0. The van der Waals surface area contributed by atoms with Gasteiger partial charge in [-0.3, -0.25) is 9.10 Å². The number of sulfonamides is 1. The van der Waals surface area contributed by atoms with Crippen molar-refractivity contribution >= 4 is 45.0 Å². The zero-order valence-corrected chi connectivity index (χ0v) is 19.4. The van der Waals surface area contributed by atoms with Gasteiger partial charge in [-0.15, -0.1) is 0 Å². The maximum Gasteiger partial charge on any atom is 0.264 e. The zero-order valence-electron chi connectivity index (χ0n) is 17.0. The van der Waals surface area contributed by atoms with Crippen molar-refractivity contribution in [2.24, 2.45) is 0 Å². The summed E-state index contributed by atoms with van der Waals surface area (Å²) in [4.78, 5) is 12.7. The van der Waals surface area contributed by atoms with Crippen LogP contribution in [0, 0.1) is 6.92 Å². The molecular formula is C22H27ClN2O3S2. The average Bonchev–Trinajstić information content (AvgIpc) is 3.24. The van der Waals surface area contributed by atoms with E-state index in [0.29, 0.717) is 22.5 Å². The van der Waals surface area contributed by atoms with Crippen LogP contribution in [0.1, 0.15) is 31.2 Å². The Balaban J connectivity index is 1.70. The smallest absolute Gasteiger partial charge is 0.264 e. The molecule has 30 heavy (non-hydrogen) atoms. The molecule has 1 fully saturated rings. The summed E-state index contributed by atoms with van der Waals surface area (Å²) in [7, 11) is -3.91. The molecule has 1 saturated carbocycles. The minimum atomic E-state index is -3.91. The minimum absolute atomic E-state index is 0.0945. The van der Waals surface area contributed by atoms with E-state index in [2.05, 4.69) is 5.32 Å². The molecule has 0 atom stereocenters. The van der Waals surface area contributed by atoms with Crippen LogP contribution in [0.4, 0.5) is 5.69 Å². The molecule has 1 N–H and O–H groups in total. The fourth-order valence-electron chi connectivity index (χ4n) is 3.42. The molecule has 0 spiro atoms. The van der Waals surface area contributed by atoms with Gasteiger partial charge >= 0.3 is 0 Å². The second-order valence-electron chi connectivity index (χ2n) is 7.43. The highest BCUT2D eigenvalue weighted by molar-refractivity contribution is 7.99. The summed E-state index contributed by atoms with van der Waals surface area (Å²) in [6.07, 6.45) is 5.08. The molecule has 3 rings (SSSR count). The number of carbonyl (C=O) groups excluding carboxylic acids is 1. The number of hydrogen-bond donors (Lipinski definition) is 1. The van der Waals surface area contributed by atoms with Crippen molar-refractivity contribution in [3.05, 3.63) is 59.1 Å². The highest BCUT2D eigenvalue weighted by Crippen LogP contribution is 2.29. The van der Waals surface area contributed by atoms with Crippen molar-refractivity contribution in [3.8, 4) is 0 Å². The lowest BCUT2D eigenvalue weighted by atomic mass is 10.2. The molecule has 1 aliphatic rings. The first-order chi connectivity index (χ1) is 14.4. The van der Waals surface area contributed by atoms with Crippen LogP contribution in [0.2, 0.25) is 5.02 Å². The molecule has 1 aliphatic carbocycles. The molecule has 8 heteroatoms. The van der Waals surface area contributed by atoms with E-state index < -0.39 is 10.0 Å². The van der Waals surface area contributed by atoms with Crippen molar-refractivity contribution in [2.45, 2.75) is 42.8 Å². The van der Waals surface area contributed by atoms with Crippen molar-refractivity contribution in [2.75, 3.05) is 23.1 Å². The Morgan fingerprint density at radius 3 is 2.37 bits per heavy atom. The van der Waals surface area contributed by atoms with E-state index in [-0.39, 0.29) is 17.3 Å². The number of aryl methyl sites for hydroxylation is 1. The van der Waals surface area contributed by atoms with Crippen LogP contribution >= 0.6 is 23.4 Å². The number of halogens is 1.